The predicted octanol–water partition coefficient (Wildman–Crippen LogP) is 1.89. The van der Waals surface area contributed by atoms with Crippen LogP contribution < -0.4 is 10.9 Å². The molecule has 2 heterocycles. The summed E-state index contributed by atoms with van der Waals surface area (Å²) < 4.78 is 1.52. The van der Waals surface area contributed by atoms with Crippen LogP contribution in [-0.4, -0.2) is 19.7 Å². The van der Waals surface area contributed by atoms with E-state index in [1.54, 1.807) is 13.2 Å². The third kappa shape index (κ3) is 2.52. The first-order valence-electron chi connectivity index (χ1n) is 6.76. The summed E-state index contributed by atoms with van der Waals surface area (Å²) in [6.45, 7) is 4.78. The summed E-state index contributed by atoms with van der Waals surface area (Å²) in [5, 5.41) is 7.19. The molecule has 108 valence electrons. The summed E-state index contributed by atoms with van der Waals surface area (Å²) in [6, 6.07) is 6.28. The number of H-pyrrole nitrogens is 1. The quantitative estimate of drug-likeness (QED) is 0.769. The van der Waals surface area contributed by atoms with Crippen molar-refractivity contribution >= 4 is 17.0 Å². The zero-order chi connectivity index (χ0) is 15.0. The molecule has 6 nitrogen and oxygen atoms in total. The first-order valence-corrected chi connectivity index (χ1v) is 6.76. The van der Waals surface area contributed by atoms with Crippen molar-refractivity contribution in [3.05, 3.63) is 51.4 Å². The highest BCUT2D eigenvalue weighted by atomic mass is 16.1. The molecule has 0 aliphatic carbocycles. The smallest absolute Gasteiger partial charge is 0.278 e. The Morgan fingerprint density at radius 3 is 2.86 bits per heavy atom. The van der Waals surface area contributed by atoms with E-state index in [-0.39, 0.29) is 5.56 Å². The summed E-state index contributed by atoms with van der Waals surface area (Å²) >= 11 is 0. The third-order valence-corrected chi connectivity index (χ3v) is 3.63. The van der Waals surface area contributed by atoms with E-state index < -0.39 is 0 Å². The first kappa shape index (κ1) is 13.4. The maximum absolute atomic E-state index is 12.0. The molecule has 2 aromatic heterocycles. The molecule has 6 heteroatoms. The van der Waals surface area contributed by atoms with Gasteiger partial charge < -0.3 is 5.32 Å². The fourth-order valence-corrected chi connectivity index (χ4v) is 2.27. The van der Waals surface area contributed by atoms with E-state index in [2.05, 4.69) is 52.4 Å². The fraction of sp³-hybridized carbons (Fsp3) is 0.267. The van der Waals surface area contributed by atoms with Crippen LogP contribution in [0.4, 0.5) is 5.95 Å². The van der Waals surface area contributed by atoms with Crippen molar-refractivity contribution < 1.29 is 0 Å². The van der Waals surface area contributed by atoms with Crippen LogP contribution in [0.5, 0.6) is 0 Å². The van der Waals surface area contributed by atoms with Crippen LogP contribution in [0.25, 0.3) is 11.0 Å². The predicted molar refractivity (Wildman–Crippen MR) is 82.4 cm³/mol. The van der Waals surface area contributed by atoms with Gasteiger partial charge in [0, 0.05) is 13.6 Å². The Kier molecular flexibility index (Phi) is 3.21. The van der Waals surface area contributed by atoms with Gasteiger partial charge in [-0.1, -0.05) is 18.2 Å². The van der Waals surface area contributed by atoms with Crippen molar-refractivity contribution in [2.45, 2.75) is 20.4 Å². The van der Waals surface area contributed by atoms with Gasteiger partial charge in [-0.2, -0.15) is 5.10 Å². The van der Waals surface area contributed by atoms with Gasteiger partial charge in [-0.05, 0) is 30.5 Å². The Morgan fingerprint density at radius 1 is 1.29 bits per heavy atom. The molecule has 0 saturated carbocycles. The Morgan fingerprint density at radius 2 is 2.10 bits per heavy atom. The molecule has 0 bridgehead atoms. The van der Waals surface area contributed by atoms with Gasteiger partial charge in [0.1, 0.15) is 5.52 Å². The van der Waals surface area contributed by atoms with Gasteiger partial charge in [-0.15, -0.1) is 0 Å². The highest BCUT2D eigenvalue weighted by Crippen LogP contribution is 2.12. The summed E-state index contributed by atoms with van der Waals surface area (Å²) in [7, 11) is 1.72. The molecule has 0 unspecified atom stereocenters. The molecule has 0 aliphatic heterocycles. The van der Waals surface area contributed by atoms with Crippen LogP contribution >= 0.6 is 0 Å². The second-order valence-corrected chi connectivity index (χ2v) is 5.19. The van der Waals surface area contributed by atoms with E-state index >= 15 is 0 Å². The lowest BCUT2D eigenvalue weighted by Gasteiger charge is -2.07. The molecule has 0 spiro atoms. The van der Waals surface area contributed by atoms with Crippen LogP contribution in [0, 0.1) is 13.8 Å². The van der Waals surface area contributed by atoms with Crippen LogP contribution in [0.2, 0.25) is 0 Å². The molecular formula is C15H17N5O. The van der Waals surface area contributed by atoms with Crippen LogP contribution in [0.1, 0.15) is 16.7 Å². The number of hydrogen-bond donors (Lipinski definition) is 2. The maximum Gasteiger partial charge on any atom is 0.278 e. The zero-order valence-corrected chi connectivity index (χ0v) is 12.3. The SMILES string of the molecule is Cc1ccc(CNc2nc3cnn(C)c3c(=O)[nH]2)cc1C. The molecule has 2 N–H and O–H groups in total. The Labute approximate surface area is 121 Å². The van der Waals surface area contributed by atoms with Gasteiger partial charge in [0.2, 0.25) is 5.95 Å². The van der Waals surface area contributed by atoms with Gasteiger partial charge >= 0.3 is 0 Å². The fourth-order valence-electron chi connectivity index (χ4n) is 2.27. The molecule has 3 aromatic rings. The summed E-state index contributed by atoms with van der Waals surface area (Å²) in [5.74, 6) is 0.457. The second kappa shape index (κ2) is 5.05. The first-order chi connectivity index (χ1) is 10.0. The van der Waals surface area contributed by atoms with Crippen LogP contribution in [0.3, 0.4) is 0 Å². The average molecular weight is 283 g/mol. The number of benzene rings is 1. The molecule has 0 atom stereocenters. The number of anilines is 1. The van der Waals surface area contributed by atoms with E-state index in [0.717, 1.165) is 5.56 Å². The van der Waals surface area contributed by atoms with Gasteiger partial charge in [-0.25, -0.2) is 4.98 Å². The molecular weight excluding hydrogens is 266 g/mol. The molecule has 21 heavy (non-hydrogen) atoms. The van der Waals surface area contributed by atoms with Crippen molar-refractivity contribution in [1.29, 1.82) is 0 Å². The number of aromatic amines is 1. The minimum Gasteiger partial charge on any atom is -0.352 e. The molecule has 1 aromatic carbocycles. The van der Waals surface area contributed by atoms with Crippen molar-refractivity contribution in [1.82, 2.24) is 19.7 Å². The standard InChI is InChI=1S/C15H17N5O/c1-9-4-5-11(6-10(9)2)7-16-15-18-12-8-17-20(3)13(12)14(21)19-15/h4-6,8H,7H2,1-3H3,(H2,16,18,19,21). The molecule has 0 radical (unpaired) electrons. The summed E-state index contributed by atoms with van der Waals surface area (Å²) in [6.07, 6.45) is 1.59. The second-order valence-electron chi connectivity index (χ2n) is 5.19. The molecule has 0 saturated heterocycles. The lowest BCUT2D eigenvalue weighted by atomic mass is 10.1. The third-order valence-electron chi connectivity index (χ3n) is 3.63. The molecule has 0 aliphatic rings. The van der Waals surface area contributed by atoms with Crippen molar-refractivity contribution in [3.8, 4) is 0 Å². The van der Waals surface area contributed by atoms with Crippen LogP contribution in [0.15, 0.2) is 29.2 Å². The normalized spacial score (nSPS) is 11.0. The Hall–Kier alpha value is -2.63. The van der Waals surface area contributed by atoms with E-state index in [0.29, 0.717) is 23.5 Å². The lowest BCUT2D eigenvalue weighted by molar-refractivity contribution is 0.792. The highest BCUT2D eigenvalue weighted by molar-refractivity contribution is 5.73. The van der Waals surface area contributed by atoms with E-state index in [1.807, 2.05) is 0 Å². The topological polar surface area (TPSA) is 75.6 Å². The van der Waals surface area contributed by atoms with E-state index in [4.69, 9.17) is 0 Å². The van der Waals surface area contributed by atoms with Gasteiger partial charge in [0.05, 0.1) is 6.20 Å². The largest absolute Gasteiger partial charge is 0.352 e. The molecule has 3 rings (SSSR count). The summed E-state index contributed by atoms with van der Waals surface area (Å²) in [4.78, 5) is 19.1. The van der Waals surface area contributed by atoms with Crippen molar-refractivity contribution in [2.75, 3.05) is 5.32 Å². The van der Waals surface area contributed by atoms with Gasteiger partial charge in [-0.3, -0.25) is 14.5 Å². The summed E-state index contributed by atoms with van der Waals surface area (Å²) in [5.41, 5.74) is 4.53. The molecule has 0 fully saturated rings. The van der Waals surface area contributed by atoms with Crippen molar-refractivity contribution in [3.63, 3.8) is 0 Å². The number of nitrogens with one attached hydrogen (secondary N) is 2. The number of rotatable bonds is 3. The Balaban J connectivity index is 1.85. The molecule has 0 amide bonds. The minimum atomic E-state index is -0.192. The lowest BCUT2D eigenvalue weighted by Crippen LogP contribution is -2.15. The van der Waals surface area contributed by atoms with Gasteiger partial charge in [0.25, 0.3) is 5.56 Å². The van der Waals surface area contributed by atoms with E-state index in [9.17, 15) is 4.79 Å². The number of nitrogens with zero attached hydrogens (tertiary/aromatic N) is 3. The van der Waals surface area contributed by atoms with Crippen molar-refractivity contribution in [2.24, 2.45) is 7.05 Å². The number of hydrogen-bond acceptors (Lipinski definition) is 4. The Bertz CT molecular complexity index is 862. The van der Waals surface area contributed by atoms with Gasteiger partial charge in [0.15, 0.2) is 5.52 Å². The number of fused-ring (bicyclic) bond motifs is 1. The van der Waals surface area contributed by atoms with E-state index in [1.165, 1.54) is 15.8 Å². The minimum absolute atomic E-state index is 0.192. The number of aryl methyl sites for hydroxylation is 3. The maximum atomic E-state index is 12.0. The highest BCUT2D eigenvalue weighted by Gasteiger charge is 2.08. The zero-order valence-electron chi connectivity index (χ0n) is 12.3. The average Bonchev–Trinajstić information content (AvgIpc) is 2.82. The number of aromatic nitrogens is 4. The monoisotopic (exact) mass is 283 g/mol. The van der Waals surface area contributed by atoms with Crippen LogP contribution in [-0.2, 0) is 13.6 Å².